The highest BCUT2D eigenvalue weighted by molar-refractivity contribution is 5.86. The van der Waals surface area contributed by atoms with Crippen LogP contribution in [0.4, 0.5) is 0 Å². The monoisotopic (exact) mass is 528 g/mol. The van der Waals surface area contributed by atoms with Gasteiger partial charge in [-0.1, -0.05) is 48.5 Å². The SMILES string of the molecule is COC(=O)[C@]12CCC(C)(C)C[C@@H]1[C@H]1C(=O)CC3[C@@]4(C)CC[C@H](OC(C)=O)C(C)(C)C4CC[C@@]3(C)[C@]1(C)CC2. The number of carbonyl (C=O) groups is 3. The largest absolute Gasteiger partial charge is 0.469 e. The van der Waals surface area contributed by atoms with Crippen LogP contribution in [0.2, 0.25) is 0 Å². The quantitative estimate of drug-likeness (QED) is 0.356. The number of hydrogen-bond donors (Lipinski definition) is 0. The Morgan fingerprint density at radius 3 is 2.11 bits per heavy atom. The van der Waals surface area contributed by atoms with E-state index >= 15 is 0 Å². The lowest BCUT2D eigenvalue weighted by Gasteiger charge is -2.72. The summed E-state index contributed by atoms with van der Waals surface area (Å²) in [5.41, 5.74) is -0.585. The Balaban J connectivity index is 1.55. The molecule has 5 heteroatoms. The summed E-state index contributed by atoms with van der Waals surface area (Å²) < 4.78 is 11.3. The molecule has 0 aromatic carbocycles. The van der Waals surface area contributed by atoms with Crippen molar-refractivity contribution in [2.24, 2.45) is 56.2 Å². The molecule has 0 saturated heterocycles. The van der Waals surface area contributed by atoms with Crippen molar-refractivity contribution in [2.45, 2.75) is 126 Å². The van der Waals surface area contributed by atoms with Crippen LogP contribution in [0, 0.1) is 56.2 Å². The third kappa shape index (κ3) is 3.57. The van der Waals surface area contributed by atoms with Gasteiger partial charge in [-0.3, -0.25) is 14.4 Å². The van der Waals surface area contributed by atoms with E-state index in [1.807, 2.05) is 0 Å². The lowest BCUT2D eigenvalue weighted by atomic mass is 9.31. The van der Waals surface area contributed by atoms with Crippen LogP contribution in [0.5, 0.6) is 0 Å². The standard InChI is InChI=1S/C33H52O5/c1-20(34)38-25-11-12-30(6)23(29(25,4)5)10-13-31(7)24(30)18-22(35)26-21-19-28(2,3)14-16-33(21,27(36)37-9)17-15-32(26,31)8/h21,23-26H,10-19H2,1-9H3/t21-,23?,24?,25+,26+,30+,31-,32-,33+/m1/s1. The summed E-state index contributed by atoms with van der Waals surface area (Å²) >= 11 is 0. The fourth-order valence-electron chi connectivity index (χ4n) is 11.7. The molecule has 0 amide bonds. The van der Waals surface area contributed by atoms with Crippen LogP contribution in [0.1, 0.15) is 120 Å². The third-order valence-electron chi connectivity index (χ3n) is 13.9. The van der Waals surface area contributed by atoms with Crippen molar-refractivity contribution >= 4 is 17.7 Å². The van der Waals surface area contributed by atoms with E-state index in [4.69, 9.17) is 9.47 Å². The lowest BCUT2D eigenvalue weighted by molar-refractivity contribution is -0.248. The van der Waals surface area contributed by atoms with Crippen molar-refractivity contribution in [2.75, 3.05) is 7.11 Å². The first-order chi connectivity index (χ1) is 17.5. The Morgan fingerprint density at radius 2 is 1.47 bits per heavy atom. The zero-order valence-corrected chi connectivity index (χ0v) is 25.5. The van der Waals surface area contributed by atoms with Gasteiger partial charge in [-0.2, -0.15) is 0 Å². The molecule has 0 aromatic heterocycles. The van der Waals surface area contributed by atoms with E-state index < -0.39 is 5.41 Å². The van der Waals surface area contributed by atoms with Crippen molar-refractivity contribution in [1.82, 2.24) is 0 Å². The molecule has 0 radical (unpaired) electrons. The Labute approximate surface area is 230 Å². The zero-order chi connectivity index (χ0) is 28.1. The number of methoxy groups -OCH3 is 1. The van der Waals surface area contributed by atoms with Gasteiger partial charge in [0.2, 0.25) is 0 Å². The molecule has 38 heavy (non-hydrogen) atoms. The Hall–Kier alpha value is -1.39. The fourth-order valence-corrected chi connectivity index (χ4v) is 11.7. The molecule has 0 heterocycles. The number of ketones is 1. The first-order valence-electron chi connectivity index (χ1n) is 15.3. The molecule has 2 unspecified atom stereocenters. The molecular weight excluding hydrogens is 476 g/mol. The van der Waals surface area contributed by atoms with E-state index in [-0.39, 0.29) is 57.0 Å². The molecule has 0 bridgehead atoms. The molecule has 0 aliphatic heterocycles. The van der Waals surface area contributed by atoms with Gasteiger partial charge in [0.15, 0.2) is 0 Å². The topological polar surface area (TPSA) is 69.7 Å². The van der Waals surface area contributed by atoms with E-state index in [0.29, 0.717) is 24.0 Å². The summed E-state index contributed by atoms with van der Waals surface area (Å²) in [5.74, 6) is 0.815. The molecule has 5 rings (SSSR count). The van der Waals surface area contributed by atoms with Crippen LogP contribution in [0.25, 0.3) is 0 Å². The normalized spacial score (nSPS) is 49.0. The van der Waals surface area contributed by atoms with Crippen LogP contribution in [-0.2, 0) is 23.9 Å². The summed E-state index contributed by atoms with van der Waals surface area (Å²) in [6.45, 7) is 18.1. The van der Waals surface area contributed by atoms with Crippen LogP contribution in [0.15, 0.2) is 0 Å². The second-order valence-electron chi connectivity index (χ2n) is 16.2. The molecule has 9 atom stereocenters. The molecule has 5 aliphatic carbocycles. The van der Waals surface area contributed by atoms with E-state index in [0.717, 1.165) is 57.8 Å². The third-order valence-corrected chi connectivity index (χ3v) is 13.9. The average molecular weight is 529 g/mol. The molecule has 0 N–H and O–H groups in total. The number of Topliss-reactive ketones (excluding diaryl/α,β-unsaturated/α-hetero) is 1. The molecular formula is C33H52O5. The van der Waals surface area contributed by atoms with Crippen molar-refractivity contribution in [3.63, 3.8) is 0 Å². The maximum atomic E-state index is 14.5. The van der Waals surface area contributed by atoms with Gasteiger partial charge in [-0.25, -0.2) is 0 Å². The molecule has 0 aromatic rings. The zero-order valence-electron chi connectivity index (χ0n) is 25.5. The second-order valence-corrected chi connectivity index (χ2v) is 16.2. The number of carbonyl (C=O) groups excluding carboxylic acids is 3. The predicted octanol–water partition coefficient (Wildman–Crippen LogP) is 7.15. The predicted molar refractivity (Wildman–Crippen MR) is 147 cm³/mol. The van der Waals surface area contributed by atoms with Crippen LogP contribution in [0.3, 0.4) is 0 Å². The van der Waals surface area contributed by atoms with Crippen LogP contribution < -0.4 is 0 Å². The number of ether oxygens (including phenoxy) is 2. The van der Waals surface area contributed by atoms with Crippen molar-refractivity contribution in [1.29, 1.82) is 0 Å². The summed E-state index contributed by atoms with van der Waals surface area (Å²) in [6.07, 6.45) is 9.13. The maximum Gasteiger partial charge on any atom is 0.312 e. The Kier molecular flexibility index (Phi) is 6.34. The second kappa shape index (κ2) is 8.56. The van der Waals surface area contributed by atoms with E-state index in [9.17, 15) is 14.4 Å². The van der Waals surface area contributed by atoms with Gasteiger partial charge in [-0.15, -0.1) is 0 Å². The van der Waals surface area contributed by atoms with Gasteiger partial charge < -0.3 is 9.47 Å². The van der Waals surface area contributed by atoms with Gasteiger partial charge in [0.05, 0.1) is 12.5 Å². The lowest BCUT2D eigenvalue weighted by Crippen LogP contribution is -2.70. The molecule has 214 valence electrons. The average Bonchev–Trinajstić information content (AvgIpc) is 2.81. The van der Waals surface area contributed by atoms with E-state index in [2.05, 4.69) is 48.5 Å². The van der Waals surface area contributed by atoms with Gasteiger partial charge in [0, 0.05) is 24.7 Å². The highest BCUT2D eigenvalue weighted by Crippen LogP contribution is 2.76. The number of esters is 2. The minimum atomic E-state index is -0.515. The van der Waals surface area contributed by atoms with Gasteiger partial charge in [0.1, 0.15) is 11.9 Å². The van der Waals surface area contributed by atoms with Crippen LogP contribution >= 0.6 is 0 Å². The minimum Gasteiger partial charge on any atom is -0.469 e. The molecule has 5 nitrogen and oxygen atoms in total. The highest BCUT2D eigenvalue weighted by atomic mass is 16.5. The van der Waals surface area contributed by atoms with Crippen molar-refractivity contribution in [3.05, 3.63) is 0 Å². The maximum absolute atomic E-state index is 14.5. The molecule has 5 saturated carbocycles. The van der Waals surface area contributed by atoms with E-state index in [1.165, 1.54) is 14.0 Å². The summed E-state index contributed by atoms with van der Waals surface area (Å²) in [5, 5.41) is 0. The first-order valence-corrected chi connectivity index (χ1v) is 15.3. The van der Waals surface area contributed by atoms with Gasteiger partial charge in [0.25, 0.3) is 0 Å². The summed E-state index contributed by atoms with van der Waals surface area (Å²) in [7, 11) is 1.53. The van der Waals surface area contributed by atoms with Crippen LogP contribution in [-0.4, -0.2) is 30.9 Å². The number of hydrogen-bond acceptors (Lipinski definition) is 5. The van der Waals surface area contributed by atoms with E-state index in [1.54, 1.807) is 0 Å². The summed E-state index contributed by atoms with van der Waals surface area (Å²) in [4.78, 5) is 39.9. The van der Waals surface area contributed by atoms with Gasteiger partial charge in [-0.05, 0) is 97.2 Å². The van der Waals surface area contributed by atoms with Crippen molar-refractivity contribution in [3.8, 4) is 0 Å². The molecule has 0 spiro atoms. The Morgan fingerprint density at radius 1 is 0.816 bits per heavy atom. The fraction of sp³-hybridized carbons (Fsp3) is 0.909. The molecule has 5 fully saturated rings. The first kappa shape index (κ1) is 28.1. The number of rotatable bonds is 2. The van der Waals surface area contributed by atoms with Crippen molar-refractivity contribution < 1.29 is 23.9 Å². The minimum absolute atomic E-state index is 0.0273. The Bertz CT molecular complexity index is 1030. The summed E-state index contributed by atoms with van der Waals surface area (Å²) in [6, 6.07) is 0. The highest BCUT2D eigenvalue weighted by Gasteiger charge is 2.73. The number of fused-ring (bicyclic) bond motifs is 7. The van der Waals surface area contributed by atoms with Gasteiger partial charge >= 0.3 is 11.9 Å². The smallest absolute Gasteiger partial charge is 0.312 e. The molecule has 5 aliphatic rings.